The molecule has 4 rings (SSSR count). The van der Waals surface area contributed by atoms with E-state index in [0.717, 1.165) is 34.0 Å². The minimum absolute atomic E-state index is 0.158. The Balaban J connectivity index is 1.41. The van der Waals surface area contributed by atoms with Crippen LogP contribution in [0.3, 0.4) is 0 Å². The number of rotatable bonds is 10. The van der Waals surface area contributed by atoms with E-state index in [1.807, 2.05) is 78.2 Å². The zero-order valence-corrected chi connectivity index (χ0v) is 23.8. The Labute approximate surface area is 234 Å². The van der Waals surface area contributed by atoms with E-state index in [0.29, 0.717) is 11.7 Å². The smallest absolute Gasteiger partial charge is 0.250 e. The van der Waals surface area contributed by atoms with Gasteiger partial charge in [-0.2, -0.15) is 5.10 Å². The molecule has 1 heterocycles. The Morgan fingerprint density at radius 3 is 2.54 bits per heavy atom. The lowest BCUT2D eigenvalue weighted by molar-refractivity contribution is -0.118. The first-order valence-corrected chi connectivity index (χ1v) is 13.7. The number of hydrazone groups is 1. The molecule has 0 atom stereocenters. The number of halogens is 1. The van der Waals surface area contributed by atoms with Gasteiger partial charge in [-0.1, -0.05) is 42.1 Å². The van der Waals surface area contributed by atoms with Crippen LogP contribution in [0.25, 0.3) is 5.69 Å². The number of hydrogen-bond acceptors (Lipinski definition) is 7. The largest absolute Gasteiger partial charge is 0.378 e. The molecule has 0 saturated carbocycles. The summed E-state index contributed by atoms with van der Waals surface area (Å²) in [5.74, 6) is 0.695. The lowest BCUT2D eigenvalue weighted by Gasteiger charge is -2.12. The number of nitrogens with one attached hydrogen (secondary N) is 2. The van der Waals surface area contributed by atoms with Crippen molar-refractivity contribution in [3.63, 3.8) is 0 Å². The molecule has 0 radical (unpaired) electrons. The maximum Gasteiger partial charge on any atom is 0.250 e. The number of hydrogen-bond donors (Lipinski definition) is 2. The molecule has 4 aromatic rings. The molecule has 0 aliphatic carbocycles. The van der Waals surface area contributed by atoms with Crippen LogP contribution in [0.1, 0.15) is 17.0 Å². The van der Waals surface area contributed by atoms with Crippen LogP contribution in [-0.2, 0) is 11.3 Å². The summed E-state index contributed by atoms with van der Waals surface area (Å²) in [6, 6.07) is 24.1. The Morgan fingerprint density at radius 2 is 1.84 bits per heavy atom. The highest BCUT2D eigenvalue weighted by molar-refractivity contribution is 14.1. The van der Waals surface area contributed by atoms with Crippen molar-refractivity contribution in [1.29, 1.82) is 0 Å². The molecule has 10 heteroatoms. The van der Waals surface area contributed by atoms with Crippen LogP contribution in [0.4, 0.5) is 11.4 Å². The molecular weight excluding hydrogens is 597 g/mol. The highest BCUT2D eigenvalue weighted by Crippen LogP contribution is 2.24. The normalized spacial score (nSPS) is 11.0. The molecule has 0 fully saturated rings. The van der Waals surface area contributed by atoms with E-state index in [1.165, 1.54) is 15.3 Å². The number of nitrogens with zero attached hydrogens (tertiary/aromatic N) is 5. The minimum atomic E-state index is -0.219. The Morgan fingerprint density at radius 1 is 1.08 bits per heavy atom. The first-order valence-electron chi connectivity index (χ1n) is 11.6. The van der Waals surface area contributed by atoms with Crippen molar-refractivity contribution >= 4 is 57.8 Å². The van der Waals surface area contributed by atoms with Gasteiger partial charge in [-0.05, 0) is 83.1 Å². The number of amides is 1. The summed E-state index contributed by atoms with van der Waals surface area (Å²) < 4.78 is 3.17. The average Bonchev–Trinajstić information content (AvgIpc) is 3.30. The predicted octanol–water partition coefficient (Wildman–Crippen LogP) is 5.10. The molecule has 8 nitrogen and oxygen atoms in total. The van der Waals surface area contributed by atoms with E-state index >= 15 is 0 Å². The Hall–Kier alpha value is -3.38. The summed E-state index contributed by atoms with van der Waals surface area (Å²) in [6.45, 7) is 2.57. The molecule has 1 amide bonds. The van der Waals surface area contributed by atoms with Crippen molar-refractivity contribution in [3.05, 3.63) is 93.3 Å². The molecule has 2 N–H and O–H groups in total. The predicted molar refractivity (Wildman–Crippen MR) is 160 cm³/mol. The molecule has 0 bridgehead atoms. The van der Waals surface area contributed by atoms with Gasteiger partial charge in [0.25, 0.3) is 5.91 Å². The first kappa shape index (κ1) is 26.7. The molecule has 0 spiro atoms. The van der Waals surface area contributed by atoms with Crippen LogP contribution in [0.15, 0.2) is 83.1 Å². The molecule has 0 aliphatic heterocycles. The van der Waals surface area contributed by atoms with Gasteiger partial charge in [0.15, 0.2) is 11.0 Å². The van der Waals surface area contributed by atoms with Crippen LogP contribution < -0.4 is 15.6 Å². The third-order valence-corrected chi connectivity index (χ3v) is 7.08. The van der Waals surface area contributed by atoms with Gasteiger partial charge in [0.05, 0.1) is 18.5 Å². The Bertz CT molecular complexity index is 1370. The lowest BCUT2D eigenvalue weighted by Crippen LogP contribution is -2.20. The number of benzene rings is 3. The number of para-hydroxylation sites is 1. The summed E-state index contributed by atoms with van der Waals surface area (Å²) in [7, 11) is 3.98. The lowest BCUT2D eigenvalue weighted by atomic mass is 10.2. The van der Waals surface area contributed by atoms with Crippen LogP contribution in [0.5, 0.6) is 0 Å². The molecular formula is C27H28IN7OS. The van der Waals surface area contributed by atoms with Gasteiger partial charge in [0.1, 0.15) is 0 Å². The van der Waals surface area contributed by atoms with Crippen LogP contribution >= 0.6 is 34.4 Å². The standard InChI is InChI=1S/C27H28IN7OS/c1-19-15-21(28)11-14-24(19)29-17-25-31-33-27(35(25)23-7-5-4-6-8-23)37-18-26(36)32-30-16-20-9-12-22(13-10-20)34(2)3/h4-16,29H,17-18H2,1-3H3,(H,32,36)/b30-16-. The third kappa shape index (κ3) is 7.32. The molecule has 0 saturated heterocycles. The van der Waals surface area contributed by atoms with E-state index in [1.54, 1.807) is 6.21 Å². The van der Waals surface area contributed by atoms with E-state index in [-0.39, 0.29) is 11.7 Å². The van der Waals surface area contributed by atoms with Crippen molar-refractivity contribution in [3.8, 4) is 5.69 Å². The van der Waals surface area contributed by atoms with E-state index in [4.69, 9.17) is 0 Å². The topological polar surface area (TPSA) is 87.4 Å². The highest BCUT2D eigenvalue weighted by atomic mass is 127. The van der Waals surface area contributed by atoms with Crippen LogP contribution in [0.2, 0.25) is 0 Å². The maximum absolute atomic E-state index is 12.5. The zero-order valence-electron chi connectivity index (χ0n) is 20.9. The molecule has 0 aliphatic rings. The van der Waals surface area contributed by atoms with E-state index < -0.39 is 0 Å². The number of carbonyl (C=O) groups excluding carboxylic acids is 1. The second-order valence-corrected chi connectivity index (χ2v) is 10.6. The molecule has 37 heavy (non-hydrogen) atoms. The Kier molecular flexibility index (Phi) is 9.18. The quantitative estimate of drug-likeness (QED) is 0.110. The van der Waals surface area contributed by atoms with Gasteiger partial charge in [0, 0.05) is 34.7 Å². The van der Waals surface area contributed by atoms with Crippen molar-refractivity contribution in [2.45, 2.75) is 18.6 Å². The maximum atomic E-state index is 12.5. The van der Waals surface area contributed by atoms with Gasteiger partial charge < -0.3 is 10.2 Å². The fraction of sp³-hybridized carbons (Fsp3) is 0.185. The molecule has 190 valence electrons. The summed E-state index contributed by atoms with van der Waals surface area (Å²) in [6.07, 6.45) is 1.63. The van der Waals surface area contributed by atoms with Crippen molar-refractivity contribution in [2.24, 2.45) is 5.10 Å². The van der Waals surface area contributed by atoms with Crippen molar-refractivity contribution in [1.82, 2.24) is 20.2 Å². The summed E-state index contributed by atoms with van der Waals surface area (Å²) in [4.78, 5) is 14.5. The van der Waals surface area contributed by atoms with Gasteiger partial charge in [-0.25, -0.2) is 5.43 Å². The average molecular weight is 626 g/mol. The fourth-order valence-electron chi connectivity index (χ4n) is 3.54. The van der Waals surface area contributed by atoms with E-state index in [9.17, 15) is 4.79 Å². The van der Waals surface area contributed by atoms with Crippen molar-refractivity contribution < 1.29 is 4.79 Å². The van der Waals surface area contributed by atoms with Crippen LogP contribution in [-0.4, -0.2) is 46.7 Å². The van der Waals surface area contributed by atoms with Gasteiger partial charge in [0.2, 0.25) is 0 Å². The summed E-state index contributed by atoms with van der Waals surface area (Å²) in [5, 5.41) is 17.0. The number of carbonyl (C=O) groups is 1. The first-order chi connectivity index (χ1) is 17.9. The second-order valence-electron chi connectivity index (χ2n) is 8.45. The van der Waals surface area contributed by atoms with Gasteiger partial charge in [-0.3, -0.25) is 9.36 Å². The van der Waals surface area contributed by atoms with Gasteiger partial charge in [-0.15, -0.1) is 10.2 Å². The molecule has 1 aromatic heterocycles. The minimum Gasteiger partial charge on any atom is -0.378 e. The summed E-state index contributed by atoms with van der Waals surface area (Å²) in [5.41, 5.74) is 7.74. The van der Waals surface area contributed by atoms with E-state index in [2.05, 4.69) is 73.8 Å². The number of aromatic nitrogens is 3. The molecule has 0 unspecified atom stereocenters. The number of aryl methyl sites for hydroxylation is 1. The van der Waals surface area contributed by atoms with Crippen LogP contribution in [0, 0.1) is 10.5 Å². The van der Waals surface area contributed by atoms with Gasteiger partial charge >= 0.3 is 0 Å². The highest BCUT2D eigenvalue weighted by Gasteiger charge is 2.16. The fourth-order valence-corrected chi connectivity index (χ4v) is 4.95. The third-order valence-electron chi connectivity index (χ3n) is 5.48. The second kappa shape index (κ2) is 12.7. The number of thioether (sulfide) groups is 1. The monoisotopic (exact) mass is 625 g/mol. The number of anilines is 2. The zero-order chi connectivity index (χ0) is 26.2. The van der Waals surface area contributed by atoms with Crippen molar-refractivity contribution in [2.75, 3.05) is 30.1 Å². The molecule has 3 aromatic carbocycles. The summed E-state index contributed by atoms with van der Waals surface area (Å²) >= 11 is 3.63. The SMILES string of the molecule is Cc1cc(I)ccc1NCc1nnc(SCC(=O)N/N=C\c2ccc(N(C)C)cc2)n1-c1ccccc1.